The summed E-state index contributed by atoms with van der Waals surface area (Å²) in [6.45, 7) is 0. The van der Waals surface area contributed by atoms with Gasteiger partial charge in [0.25, 0.3) is 15.9 Å². The summed E-state index contributed by atoms with van der Waals surface area (Å²) in [5.41, 5.74) is -1.01. The molecule has 11 heteroatoms. The molecular formula is C17H11F4N3O3S. The van der Waals surface area contributed by atoms with Crippen LogP contribution in [0, 0.1) is 23.3 Å². The zero-order valence-electron chi connectivity index (χ0n) is 14.1. The number of aromatic nitrogens is 2. The number of halogens is 4. The molecule has 0 aliphatic heterocycles. The minimum Gasteiger partial charge on any atom is -0.333 e. The second kappa shape index (κ2) is 7.08. The van der Waals surface area contributed by atoms with E-state index in [1.807, 2.05) is 0 Å². The van der Waals surface area contributed by atoms with Crippen molar-refractivity contribution >= 4 is 15.9 Å². The predicted octanol–water partition coefficient (Wildman–Crippen LogP) is 2.76. The maximum Gasteiger partial charge on any atom is 0.285 e. The molecule has 6 nitrogen and oxygen atoms in total. The lowest BCUT2D eigenvalue weighted by molar-refractivity contribution is 0.0977. The number of aryl methyl sites for hydroxylation is 1. The van der Waals surface area contributed by atoms with Crippen molar-refractivity contribution in [1.29, 1.82) is 0 Å². The number of nitrogens with zero attached hydrogens (tertiary/aromatic N) is 2. The molecule has 0 bridgehead atoms. The van der Waals surface area contributed by atoms with Gasteiger partial charge in [-0.3, -0.25) is 4.79 Å². The van der Waals surface area contributed by atoms with E-state index in [4.69, 9.17) is 0 Å². The normalized spacial score (nSPS) is 11.5. The average molecular weight is 413 g/mol. The Morgan fingerprint density at radius 1 is 1.04 bits per heavy atom. The zero-order valence-corrected chi connectivity index (χ0v) is 14.9. The van der Waals surface area contributed by atoms with Crippen LogP contribution in [0.4, 0.5) is 17.6 Å². The van der Waals surface area contributed by atoms with E-state index in [-0.39, 0.29) is 5.82 Å². The third kappa shape index (κ3) is 3.60. The molecule has 146 valence electrons. The molecule has 0 fully saturated rings. The molecule has 3 rings (SSSR count). The molecule has 0 saturated heterocycles. The molecule has 0 saturated carbocycles. The fraction of sp³-hybridized carbons (Fsp3) is 0.0588. The topological polar surface area (TPSA) is 81.1 Å². The van der Waals surface area contributed by atoms with Crippen LogP contribution in [0.15, 0.2) is 47.5 Å². The lowest BCUT2D eigenvalue weighted by atomic mass is 10.2. The fourth-order valence-electron chi connectivity index (χ4n) is 2.43. The average Bonchev–Trinajstić information content (AvgIpc) is 2.98. The van der Waals surface area contributed by atoms with Gasteiger partial charge in [0.1, 0.15) is 39.7 Å². The van der Waals surface area contributed by atoms with E-state index >= 15 is 0 Å². The van der Waals surface area contributed by atoms with Crippen LogP contribution in [-0.2, 0) is 17.1 Å². The highest BCUT2D eigenvalue weighted by Crippen LogP contribution is 2.25. The first-order chi connectivity index (χ1) is 13.1. The van der Waals surface area contributed by atoms with Crippen LogP contribution in [0.5, 0.6) is 0 Å². The Bertz CT molecular complexity index is 1170. The van der Waals surface area contributed by atoms with Gasteiger partial charge in [0.2, 0.25) is 0 Å². The molecule has 0 unspecified atom stereocenters. The highest BCUT2D eigenvalue weighted by Gasteiger charge is 2.26. The van der Waals surface area contributed by atoms with Crippen molar-refractivity contribution in [3.8, 4) is 11.4 Å². The molecule has 0 aliphatic rings. The van der Waals surface area contributed by atoms with Crippen molar-refractivity contribution in [2.45, 2.75) is 4.90 Å². The van der Waals surface area contributed by atoms with Crippen LogP contribution < -0.4 is 4.72 Å². The Hall–Kier alpha value is -3.21. The third-order valence-corrected chi connectivity index (χ3v) is 5.05. The van der Waals surface area contributed by atoms with Crippen molar-refractivity contribution in [3.05, 3.63) is 71.6 Å². The number of benzene rings is 2. The van der Waals surface area contributed by atoms with Crippen molar-refractivity contribution < 1.29 is 30.8 Å². The molecular weight excluding hydrogens is 402 g/mol. The second-order valence-corrected chi connectivity index (χ2v) is 7.32. The van der Waals surface area contributed by atoms with Gasteiger partial charge in [-0.1, -0.05) is 6.07 Å². The Morgan fingerprint density at radius 2 is 1.68 bits per heavy atom. The van der Waals surface area contributed by atoms with Gasteiger partial charge in [-0.2, -0.15) is 0 Å². The summed E-state index contributed by atoms with van der Waals surface area (Å²) in [5, 5.41) is 0. The van der Waals surface area contributed by atoms with Gasteiger partial charge < -0.3 is 4.57 Å². The van der Waals surface area contributed by atoms with Gasteiger partial charge in [0.15, 0.2) is 0 Å². The monoisotopic (exact) mass is 413 g/mol. The third-order valence-electron chi connectivity index (χ3n) is 3.71. The molecule has 2 aromatic carbocycles. The summed E-state index contributed by atoms with van der Waals surface area (Å²) in [6.07, 6.45) is 1.04. The molecule has 0 radical (unpaired) electrons. The first-order valence-electron chi connectivity index (χ1n) is 7.60. The van der Waals surface area contributed by atoms with E-state index < -0.39 is 55.4 Å². The quantitative estimate of drug-likeness (QED) is 0.667. The van der Waals surface area contributed by atoms with Crippen LogP contribution in [0.25, 0.3) is 11.4 Å². The molecule has 28 heavy (non-hydrogen) atoms. The van der Waals surface area contributed by atoms with Crippen molar-refractivity contribution in [3.63, 3.8) is 0 Å². The molecule has 1 aromatic heterocycles. The van der Waals surface area contributed by atoms with E-state index in [0.717, 1.165) is 29.0 Å². The summed E-state index contributed by atoms with van der Waals surface area (Å²) in [7, 11) is -3.42. The van der Waals surface area contributed by atoms with Crippen LogP contribution >= 0.6 is 0 Å². The fourth-order valence-corrected chi connectivity index (χ4v) is 3.48. The van der Waals surface area contributed by atoms with Crippen LogP contribution in [-0.4, -0.2) is 23.9 Å². The lowest BCUT2D eigenvalue weighted by Gasteiger charge is -2.06. The summed E-state index contributed by atoms with van der Waals surface area (Å²) in [4.78, 5) is 14.9. The Morgan fingerprint density at radius 3 is 2.32 bits per heavy atom. The number of rotatable bonds is 4. The molecule has 0 aliphatic carbocycles. The highest BCUT2D eigenvalue weighted by atomic mass is 32.2. The largest absolute Gasteiger partial charge is 0.333 e. The van der Waals surface area contributed by atoms with Gasteiger partial charge in [0, 0.05) is 13.2 Å². The standard InChI is InChI=1S/C17H11F4N3O3S/c1-24-8-13(22-16(24)15-11(20)3-2-4-12(15)21)17(25)23-28(26,27)14-7-9(18)5-6-10(14)19/h2-8H,1H3,(H,23,25). The Labute approximate surface area is 156 Å². The second-order valence-electron chi connectivity index (χ2n) is 5.67. The highest BCUT2D eigenvalue weighted by molar-refractivity contribution is 7.90. The Balaban J connectivity index is 1.95. The number of amides is 1. The number of hydrogen-bond donors (Lipinski definition) is 1. The van der Waals surface area contributed by atoms with Gasteiger partial charge >= 0.3 is 0 Å². The SMILES string of the molecule is Cn1cc(C(=O)NS(=O)(=O)c2cc(F)ccc2F)nc1-c1c(F)cccc1F. The van der Waals surface area contributed by atoms with E-state index in [2.05, 4.69) is 4.98 Å². The number of sulfonamides is 1. The minimum atomic E-state index is -4.76. The maximum atomic E-state index is 13.9. The van der Waals surface area contributed by atoms with Crippen molar-refractivity contribution in [2.75, 3.05) is 0 Å². The molecule has 0 spiro atoms. The number of hydrogen-bond acceptors (Lipinski definition) is 4. The number of carbonyl (C=O) groups excluding carboxylic acids is 1. The van der Waals surface area contributed by atoms with E-state index in [1.165, 1.54) is 7.05 Å². The van der Waals surface area contributed by atoms with E-state index in [0.29, 0.717) is 18.2 Å². The molecule has 1 N–H and O–H groups in total. The van der Waals surface area contributed by atoms with Gasteiger partial charge in [0.05, 0.1) is 5.56 Å². The molecule has 0 atom stereocenters. The van der Waals surface area contributed by atoms with Crippen LogP contribution in [0.3, 0.4) is 0 Å². The van der Waals surface area contributed by atoms with Crippen LogP contribution in [0.2, 0.25) is 0 Å². The summed E-state index contributed by atoms with van der Waals surface area (Å²) in [5.74, 6) is -5.72. The minimum absolute atomic E-state index is 0.268. The van der Waals surface area contributed by atoms with Gasteiger partial charge in [-0.15, -0.1) is 0 Å². The van der Waals surface area contributed by atoms with Crippen molar-refractivity contribution in [2.24, 2.45) is 7.05 Å². The summed E-state index contributed by atoms with van der Waals surface area (Å²) in [6, 6.07) is 4.83. The number of carbonyl (C=O) groups is 1. The molecule has 1 amide bonds. The first-order valence-corrected chi connectivity index (χ1v) is 9.08. The molecule has 1 heterocycles. The lowest BCUT2D eigenvalue weighted by Crippen LogP contribution is -2.31. The number of nitrogens with one attached hydrogen (secondary N) is 1. The Kier molecular flexibility index (Phi) is 4.94. The summed E-state index contributed by atoms with van der Waals surface area (Å²) >= 11 is 0. The maximum absolute atomic E-state index is 13.9. The summed E-state index contributed by atoms with van der Waals surface area (Å²) < 4.78 is 81.8. The van der Waals surface area contributed by atoms with E-state index in [9.17, 15) is 30.8 Å². The first kappa shape index (κ1) is 19.5. The van der Waals surface area contributed by atoms with Gasteiger partial charge in [-0.25, -0.2) is 35.7 Å². The predicted molar refractivity (Wildman–Crippen MR) is 89.6 cm³/mol. The smallest absolute Gasteiger partial charge is 0.285 e. The number of imidazole rings is 1. The van der Waals surface area contributed by atoms with Crippen LogP contribution in [0.1, 0.15) is 10.5 Å². The zero-order chi connectivity index (χ0) is 20.6. The van der Waals surface area contributed by atoms with Gasteiger partial charge in [-0.05, 0) is 30.3 Å². The molecule has 3 aromatic rings. The van der Waals surface area contributed by atoms with Crippen molar-refractivity contribution in [1.82, 2.24) is 14.3 Å². The van der Waals surface area contributed by atoms with E-state index in [1.54, 1.807) is 4.72 Å².